The van der Waals surface area contributed by atoms with Crippen LogP contribution >= 0.6 is 0 Å². The third-order valence-electron chi connectivity index (χ3n) is 4.38. The summed E-state index contributed by atoms with van der Waals surface area (Å²) in [5.74, 6) is 0.942. The van der Waals surface area contributed by atoms with E-state index in [0.717, 1.165) is 25.0 Å². The van der Waals surface area contributed by atoms with Crippen molar-refractivity contribution in [3.63, 3.8) is 0 Å². The summed E-state index contributed by atoms with van der Waals surface area (Å²) in [6.07, 6.45) is 3.09. The van der Waals surface area contributed by atoms with Gasteiger partial charge in [-0.05, 0) is 49.4 Å². The summed E-state index contributed by atoms with van der Waals surface area (Å²) in [7, 11) is 0. The van der Waals surface area contributed by atoms with Gasteiger partial charge in [-0.15, -0.1) is 0 Å². The van der Waals surface area contributed by atoms with E-state index in [2.05, 4.69) is 23.5 Å². The second-order valence-corrected chi connectivity index (χ2v) is 6.10. The van der Waals surface area contributed by atoms with Crippen molar-refractivity contribution in [3.05, 3.63) is 65.2 Å². The number of aryl methyl sites for hydroxylation is 2. The van der Waals surface area contributed by atoms with E-state index in [4.69, 9.17) is 4.74 Å². The van der Waals surface area contributed by atoms with Crippen molar-refractivity contribution in [1.29, 1.82) is 0 Å². The third kappa shape index (κ3) is 3.92. The average molecular weight is 309 g/mol. The second kappa shape index (κ2) is 7.32. The third-order valence-corrected chi connectivity index (χ3v) is 4.38. The molecule has 1 N–H and O–H groups in total. The molecule has 1 unspecified atom stereocenters. The van der Waals surface area contributed by atoms with E-state index in [9.17, 15) is 4.79 Å². The van der Waals surface area contributed by atoms with Crippen molar-refractivity contribution in [2.45, 2.75) is 32.1 Å². The first-order valence-electron chi connectivity index (χ1n) is 8.29. The van der Waals surface area contributed by atoms with Crippen LogP contribution in [-0.4, -0.2) is 19.1 Å². The molecule has 0 saturated carbocycles. The number of amides is 1. The highest BCUT2D eigenvalue weighted by molar-refractivity contribution is 5.84. The summed E-state index contributed by atoms with van der Waals surface area (Å²) < 4.78 is 5.65. The summed E-state index contributed by atoms with van der Waals surface area (Å²) in [6, 6.07) is 16.2. The molecule has 3 heteroatoms. The van der Waals surface area contributed by atoms with Crippen molar-refractivity contribution in [2.75, 3.05) is 13.2 Å². The Balaban J connectivity index is 1.49. The van der Waals surface area contributed by atoms with Gasteiger partial charge >= 0.3 is 0 Å². The minimum absolute atomic E-state index is 0.0145. The molecule has 1 aliphatic carbocycles. The number of ether oxygens (including phenoxy) is 1. The molecule has 1 aliphatic rings. The molecule has 0 spiro atoms. The fourth-order valence-corrected chi connectivity index (χ4v) is 3.13. The minimum atomic E-state index is -0.0145. The predicted molar refractivity (Wildman–Crippen MR) is 91.8 cm³/mol. The summed E-state index contributed by atoms with van der Waals surface area (Å²) in [6.45, 7) is 3.07. The van der Waals surface area contributed by atoms with Gasteiger partial charge < -0.3 is 10.1 Å². The number of nitrogens with one attached hydrogen (secondary N) is 1. The Bertz CT molecular complexity index is 664. The van der Waals surface area contributed by atoms with Crippen LogP contribution in [0, 0.1) is 6.92 Å². The molecule has 2 aromatic carbocycles. The Morgan fingerprint density at radius 3 is 2.78 bits per heavy atom. The van der Waals surface area contributed by atoms with Gasteiger partial charge in [0.1, 0.15) is 12.4 Å². The van der Waals surface area contributed by atoms with E-state index in [-0.39, 0.29) is 11.8 Å². The molecule has 1 atom stereocenters. The van der Waals surface area contributed by atoms with Gasteiger partial charge in [0, 0.05) is 0 Å². The van der Waals surface area contributed by atoms with E-state index < -0.39 is 0 Å². The van der Waals surface area contributed by atoms with Crippen molar-refractivity contribution in [2.24, 2.45) is 0 Å². The molecular weight excluding hydrogens is 286 g/mol. The van der Waals surface area contributed by atoms with Crippen molar-refractivity contribution in [3.8, 4) is 5.75 Å². The molecule has 0 heterocycles. The van der Waals surface area contributed by atoms with E-state index in [1.54, 1.807) is 0 Å². The number of fused-ring (bicyclic) bond motifs is 1. The van der Waals surface area contributed by atoms with E-state index >= 15 is 0 Å². The van der Waals surface area contributed by atoms with Crippen LogP contribution in [0.5, 0.6) is 5.75 Å². The average Bonchev–Trinajstić information content (AvgIpc) is 2.59. The zero-order valence-electron chi connectivity index (χ0n) is 13.5. The van der Waals surface area contributed by atoms with Crippen LogP contribution < -0.4 is 10.1 Å². The molecular formula is C20H23NO2. The smallest absolute Gasteiger partial charge is 0.227 e. The fourth-order valence-electron chi connectivity index (χ4n) is 3.13. The van der Waals surface area contributed by atoms with Crippen LogP contribution in [0.4, 0.5) is 0 Å². The predicted octanol–water partition coefficient (Wildman–Crippen LogP) is 3.61. The van der Waals surface area contributed by atoms with Gasteiger partial charge in [0.25, 0.3) is 0 Å². The first-order chi connectivity index (χ1) is 11.2. The minimum Gasteiger partial charge on any atom is -0.492 e. The van der Waals surface area contributed by atoms with Crippen LogP contribution in [-0.2, 0) is 11.2 Å². The molecule has 0 saturated heterocycles. The van der Waals surface area contributed by atoms with Crippen molar-refractivity contribution in [1.82, 2.24) is 5.32 Å². The normalized spacial score (nSPS) is 16.5. The quantitative estimate of drug-likeness (QED) is 0.857. The Labute approximate surface area is 137 Å². The van der Waals surface area contributed by atoms with E-state index in [1.807, 2.05) is 37.3 Å². The van der Waals surface area contributed by atoms with Gasteiger partial charge in [0.2, 0.25) is 5.91 Å². The van der Waals surface area contributed by atoms with E-state index in [1.165, 1.54) is 16.7 Å². The number of rotatable bonds is 5. The van der Waals surface area contributed by atoms with Gasteiger partial charge in [0.05, 0.1) is 12.5 Å². The molecule has 0 fully saturated rings. The monoisotopic (exact) mass is 309 g/mol. The molecule has 3 rings (SSSR count). The zero-order valence-corrected chi connectivity index (χ0v) is 13.5. The highest BCUT2D eigenvalue weighted by Crippen LogP contribution is 2.31. The lowest BCUT2D eigenvalue weighted by Gasteiger charge is -2.24. The number of benzene rings is 2. The van der Waals surface area contributed by atoms with Gasteiger partial charge in [-0.3, -0.25) is 4.79 Å². The largest absolute Gasteiger partial charge is 0.492 e. The first-order valence-corrected chi connectivity index (χ1v) is 8.29. The number of hydrogen-bond acceptors (Lipinski definition) is 2. The molecule has 3 nitrogen and oxygen atoms in total. The molecule has 120 valence electrons. The van der Waals surface area contributed by atoms with Crippen LogP contribution in [0.2, 0.25) is 0 Å². The molecule has 0 aliphatic heterocycles. The fraction of sp³-hybridized carbons (Fsp3) is 0.350. The molecule has 0 bridgehead atoms. The molecule has 0 aromatic heterocycles. The van der Waals surface area contributed by atoms with Crippen LogP contribution in [0.1, 0.15) is 35.4 Å². The summed E-state index contributed by atoms with van der Waals surface area (Å²) in [4.78, 5) is 12.5. The highest BCUT2D eigenvalue weighted by atomic mass is 16.5. The maximum absolute atomic E-state index is 12.5. The van der Waals surface area contributed by atoms with Crippen molar-refractivity contribution < 1.29 is 9.53 Å². The van der Waals surface area contributed by atoms with Crippen LogP contribution in [0.25, 0.3) is 0 Å². The van der Waals surface area contributed by atoms with Gasteiger partial charge in [-0.25, -0.2) is 0 Å². The maximum atomic E-state index is 12.5. The lowest BCUT2D eigenvalue weighted by molar-refractivity contribution is -0.123. The number of carbonyl (C=O) groups excluding carboxylic acids is 1. The number of hydrogen-bond donors (Lipinski definition) is 1. The van der Waals surface area contributed by atoms with Gasteiger partial charge in [-0.1, -0.05) is 42.0 Å². The lowest BCUT2D eigenvalue weighted by atomic mass is 9.82. The Kier molecular flexibility index (Phi) is 4.96. The van der Waals surface area contributed by atoms with E-state index in [0.29, 0.717) is 13.2 Å². The molecule has 23 heavy (non-hydrogen) atoms. The number of carbonyl (C=O) groups is 1. The standard InChI is InChI=1S/C20H23NO2/c1-15-9-11-17(12-10-15)23-14-13-21-20(22)19-8-4-6-16-5-2-3-7-18(16)19/h2-3,5,7,9-12,19H,4,6,8,13-14H2,1H3,(H,21,22). The second-order valence-electron chi connectivity index (χ2n) is 6.10. The highest BCUT2D eigenvalue weighted by Gasteiger charge is 2.25. The molecule has 1 amide bonds. The summed E-state index contributed by atoms with van der Waals surface area (Å²) >= 11 is 0. The van der Waals surface area contributed by atoms with Crippen LogP contribution in [0.15, 0.2) is 48.5 Å². The first kappa shape index (κ1) is 15.6. The SMILES string of the molecule is Cc1ccc(OCCNC(=O)C2CCCc3ccccc32)cc1. The zero-order chi connectivity index (χ0) is 16.1. The lowest BCUT2D eigenvalue weighted by Crippen LogP contribution is -2.34. The Morgan fingerprint density at radius 2 is 1.96 bits per heavy atom. The van der Waals surface area contributed by atoms with Crippen LogP contribution in [0.3, 0.4) is 0 Å². The molecule has 0 radical (unpaired) electrons. The molecule has 2 aromatic rings. The van der Waals surface area contributed by atoms with Crippen molar-refractivity contribution >= 4 is 5.91 Å². The topological polar surface area (TPSA) is 38.3 Å². The maximum Gasteiger partial charge on any atom is 0.227 e. The Hall–Kier alpha value is -2.29. The Morgan fingerprint density at radius 1 is 1.17 bits per heavy atom. The van der Waals surface area contributed by atoms with Gasteiger partial charge in [-0.2, -0.15) is 0 Å². The summed E-state index contributed by atoms with van der Waals surface area (Å²) in [5, 5.41) is 3.01. The van der Waals surface area contributed by atoms with Gasteiger partial charge in [0.15, 0.2) is 0 Å². The summed E-state index contributed by atoms with van der Waals surface area (Å²) in [5.41, 5.74) is 3.71.